The van der Waals surface area contributed by atoms with Crippen molar-refractivity contribution in [2.24, 2.45) is 11.7 Å². The largest absolute Gasteiger partial charge is 0.342 e. The first kappa shape index (κ1) is 15.5. The molecule has 1 aromatic heterocycles. The molecule has 3 N–H and O–H groups in total. The number of nitrogens with one attached hydrogen (secondary N) is 1. The average Bonchev–Trinajstić information content (AvgIpc) is 3.06. The minimum absolute atomic E-state index is 0.0122. The molecule has 1 aromatic carbocycles. The van der Waals surface area contributed by atoms with Gasteiger partial charge < -0.3 is 10.6 Å². The number of nitrogens with zero attached hydrogens (tertiary/aromatic N) is 2. The molecule has 3 rings (SSSR count). The topological polar surface area (TPSA) is 101 Å². The van der Waals surface area contributed by atoms with Gasteiger partial charge in [-0.2, -0.15) is 0 Å². The molecule has 0 bridgehead atoms. The molecular weight excluding hydrogens is 296 g/mol. The van der Waals surface area contributed by atoms with Gasteiger partial charge in [-0.05, 0) is 31.0 Å². The molecule has 2 aromatic rings. The number of hydrogen-bond donors (Lipinski definition) is 2. The summed E-state index contributed by atoms with van der Waals surface area (Å²) in [4.78, 5) is 38.4. The fraction of sp³-hybridized carbons (Fsp3) is 0.438. The molecule has 1 saturated heterocycles. The highest BCUT2D eigenvalue weighted by Crippen LogP contribution is 2.15. The number of aromatic amines is 1. The van der Waals surface area contributed by atoms with E-state index in [1.165, 1.54) is 4.68 Å². The number of carbonyl (C=O) groups is 1. The monoisotopic (exact) mass is 316 g/mol. The highest BCUT2D eigenvalue weighted by molar-refractivity contribution is 5.80. The summed E-state index contributed by atoms with van der Waals surface area (Å²) in [6, 6.07) is 6.67. The van der Waals surface area contributed by atoms with Crippen molar-refractivity contribution in [3.05, 3.63) is 45.0 Å². The number of likely N-dealkylation sites (tertiary alicyclic amines) is 1. The van der Waals surface area contributed by atoms with Crippen LogP contribution in [0.2, 0.25) is 0 Å². The van der Waals surface area contributed by atoms with Gasteiger partial charge >= 0.3 is 0 Å². The van der Waals surface area contributed by atoms with Gasteiger partial charge in [0.1, 0.15) is 0 Å². The molecule has 1 unspecified atom stereocenters. The minimum Gasteiger partial charge on any atom is -0.342 e. The Bertz CT molecular complexity index is 839. The van der Waals surface area contributed by atoms with Crippen LogP contribution in [0.5, 0.6) is 0 Å². The van der Waals surface area contributed by atoms with Crippen LogP contribution in [0.15, 0.2) is 33.9 Å². The summed E-state index contributed by atoms with van der Waals surface area (Å²) in [6.45, 7) is 2.14. The van der Waals surface area contributed by atoms with E-state index in [0.717, 1.165) is 6.42 Å². The molecule has 0 radical (unpaired) electrons. The van der Waals surface area contributed by atoms with E-state index in [-0.39, 0.29) is 30.0 Å². The zero-order chi connectivity index (χ0) is 16.4. The Labute approximate surface area is 132 Å². The second-order valence-corrected chi connectivity index (χ2v) is 5.92. The second-order valence-electron chi connectivity index (χ2n) is 5.92. The van der Waals surface area contributed by atoms with Gasteiger partial charge in [0, 0.05) is 19.5 Å². The molecule has 1 atom stereocenters. The normalized spacial score (nSPS) is 17.8. The maximum atomic E-state index is 12.4. The van der Waals surface area contributed by atoms with Crippen molar-refractivity contribution in [2.75, 3.05) is 19.6 Å². The third-order valence-electron chi connectivity index (χ3n) is 4.40. The van der Waals surface area contributed by atoms with Crippen molar-refractivity contribution in [1.82, 2.24) is 14.7 Å². The maximum Gasteiger partial charge on any atom is 0.273 e. The molecule has 2 heterocycles. The molecule has 1 aliphatic rings. The van der Waals surface area contributed by atoms with Crippen LogP contribution < -0.4 is 16.9 Å². The first-order valence-corrected chi connectivity index (χ1v) is 7.80. The van der Waals surface area contributed by atoms with Crippen LogP contribution in [0.1, 0.15) is 12.8 Å². The number of amides is 1. The van der Waals surface area contributed by atoms with Crippen molar-refractivity contribution >= 4 is 16.7 Å². The molecule has 0 saturated carbocycles. The van der Waals surface area contributed by atoms with E-state index < -0.39 is 0 Å². The Hall–Kier alpha value is -2.41. The summed E-state index contributed by atoms with van der Waals surface area (Å²) in [5.41, 5.74) is 5.02. The van der Waals surface area contributed by atoms with Crippen LogP contribution in [0, 0.1) is 5.92 Å². The van der Waals surface area contributed by atoms with Crippen molar-refractivity contribution < 1.29 is 4.79 Å². The summed E-state index contributed by atoms with van der Waals surface area (Å²) in [6.07, 6.45) is 1.11. The molecule has 7 heteroatoms. The quantitative estimate of drug-likeness (QED) is 0.821. The van der Waals surface area contributed by atoms with E-state index >= 15 is 0 Å². The van der Waals surface area contributed by atoms with E-state index in [1.807, 2.05) is 0 Å². The molecule has 1 amide bonds. The van der Waals surface area contributed by atoms with Gasteiger partial charge in [0.2, 0.25) is 5.91 Å². The van der Waals surface area contributed by atoms with Gasteiger partial charge in [0.15, 0.2) is 0 Å². The zero-order valence-corrected chi connectivity index (χ0v) is 12.8. The lowest BCUT2D eigenvalue weighted by atomic mass is 10.1. The van der Waals surface area contributed by atoms with Gasteiger partial charge in [-0.15, -0.1) is 0 Å². The fourth-order valence-corrected chi connectivity index (χ4v) is 3.02. The lowest BCUT2D eigenvalue weighted by molar-refractivity contribution is -0.130. The second kappa shape index (κ2) is 6.37. The van der Waals surface area contributed by atoms with Gasteiger partial charge in [-0.25, -0.2) is 4.68 Å². The predicted octanol–water partition coefficient (Wildman–Crippen LogP) is -0.113. The number of carbonyl (C=O) groups excluding carboxylic acids is 1. The number of nitrogens with two attached hydrogens (primary N) is 1. The Morgan fingerprint density at radius 1 is 1.26 bits per heavy atom. The Morgan fingerprint density at radius 3 is 2.70 bits per heavy atom. The Morgan fingerprint density at radius 2 is 2.00 bits per heavy atom. The molecule has 1 aliphatic heterocycles. The smallest absolute Gasteiger partial charge is 0.273 e. The highest BCUT2D eigenvalue weighted by Gasteiger charge is 2.24. The van der Waals surface area contributed by atoms with E-state index in [9.17, 15) is 14.4 Å². The van der Waals surface area contributed by atoms with Crippen LogP contribution in [0.25, 0.3) is 10.8 Å². The number of H-pyrrole nitrogens is 1. The number of aryl methyl sites for hydroxylation is 1. The number of benzene rings is 1. The summed E-state index contributed by atoms with van der Waals surface area (Å²) < 4.78 is 1.22. The van der Waals surface area contributed by atoms with Crippen LogP contribution in [-0.4, -0.2) is 40.2 Å². The van der Waals surface area contributed by atoms with Crippen molar-refractivity contribution in [2.45, 2.75) is 19.4 Å². The van der Waals surface area contributed by atoms with Gasteiger partial charge in [-0.1, -0.05) is 12.1 Å². The standard InChI is InChI=1S/C16H20N4O3/c17-9-11-5-7-19(10-11)14(21)6-8-20-16(23)13-4-2-1-3-12(13)15(22)18-20/h1-4,11H,5-10,17H2,(H,18,22). The molecule has 23 heavy (non-hydrogen) atoms. The van der Waals surface area contributed by atoms with Crippen molar-refractivity contribution in [3.63, 3.8) is 0 Å². The van der Waals surface area contributed by atoms with Crippen molar-refractivity contribution in [1.29, 1.82) is 0 Å². The zero-order valence-electron chi connectivity index (χ0n) is 12.8. The van der Waals surface area contributed by atoms with E-state index in [1.54, 1.807) is 29.2 Å². The van der Waals surface area contributed by atoms with Gasteiger partial charge in [0.05, 0.1) is 17.3 Å². The highest BCUT2D eigenvalue weighted by atomic mass is 16.2. The van der Waals surface area contributed by atoms with Crippen LogP contribution >= 0.6 is 0 Å². The van der Waals surface area contributed by atoms with E-state index in [2.05, 4.69) is 5.10 Å². The molecule has 7 nitrogen and oxygen atoms in total. The Kier molecular flexibility index (Phi) is 4.29. The fourth-order valence-electron chi connectivity index (χ4n) is 3.02. The third-order valence-corrected chi connectivity index (χ3v) is 4.40. The molecule has 0 aliphatic carbocycles. The molecule has 1 fully saturated rings. The Balaban J connectivity index is 1.75. The average molecular weight is 316 g/mol. The first-order chi connectivity index (χ1) is 11.1. The third kappa shape index (κ3) is 3.05. The number of rotatable bonds is 4. The summed E-state index contributed by atoms with van der Waals surface area (Å²) in [5.74, 6) is 0.351. The van der Waals surface area contributed by atoms with Crippen LogP contribution in [0.3, 0.4) is 0 Å². The summed E-state index contributed by atoms with van der Waals surface area (Å²) >= 11 is 0. The first-order valence-electron chi connectivity index (χ1n) is 7.80. The van der Waals surface area contributed by atoms with Crippen LogP contribution in [0.4, 0.5) is 0 Å². The summed E-state index contributed by atoms with van der Waals surface area (Å²) in [7, 11) is 0. The predicted molar refractivity (Wildman–Crippen MR) is 87.2 cm³/mol. The number of hydrogen-bond acceptors (Lipinski definition) is 4. The lowest BCUT2D eigenvalue weighted by Gasteiger charge is -2.16. The summed E-state index contributed by atoms with van der Waals surface area (Å²) in [5, 5.41) is 3.28. The van der Waals surface area contributed by atoms with Gasteiger partial charge in [0.25, 0.3) is 11.1 Å². The SMILES string of the molecule is NCC1CCN(C(=O)CCn2[nH]c(=O)c3ccccc3c2=O)C1. The number of aromatic nitrogens is 2. The van der Waals surface area contributed by atoms with Crippen LogP contribution in [-0.2, 0) is 11.3 Å². The van der Waals surface area contributed by atoms with Crippen molar-refractivity contribution in [3.8, 4) is 0 Å². The van der Waals surface area contributed by atoms with E-state index in [0.29, 0.717) is 36.3 Å². The lowest BCUT2D eigenvalue weighted by Crippen LogP contribution is -2.34. The number of fused-ring (bicyclic) bond motifs is 1. The minimum atomic E-state index is -0.322. The van der Waals surface area contributed by atoms with Gasteiger partial charge in [-0.3, -0.25) is 19.5 Å². The maximum absolute atomic E-state index is 12.4. The molecule has 122 valence electrons. The molecular formula is C16H20N4O3. The van der Waals surface area contributed by atoms with E-state index in [4.69, 9.17) is 5.73 Å². The molecule has 0 spiro atoms.